The summed E-state index contributed by atoms with van der Waals surface area (Å²) in [5, 5.41) is 0. The number of nitrogens with one attached hydrogen (secondary N) is 2. The van der Waals surface area contributed by atoms with Crippen molar-refractivity contribution in [3.8, 4) is 0 Å². The lowest BCUT2D eigenvalue weighted by Gasteiger charge is -2.23. The SMILES string of the molecule is CCc1c(C(=O)CONC(=O)C(C)(C)c2ccccc2)[nH]c(C)c1C(C)=O. The van der Waals surface area contributed by atoms with E-state index < -0.39 is 5.41 Å². The molecule has 0 aliphatic carbocycles. The number of hydrogen-bond donors (Lipinski definition) is 2. The van der Waals surface area contributed by atoms with E-state index in [4.69, 9.17) is 4.84 Å². The summed E-state index contributed by atoms with van der Waals surface area (Å²) in [6.07, 6.45) is 0.549. The fraction of sp³-hybridized carbons (Fsp3) is 0.381. The van der Waals surface area contributed by atoms with Crippen LogP contribution in [0.25, 0.3) is 0 Å². The van der Waals surface area contributed by atoms with Crippen LogP contribution in [0.3, 0.4) is 0 Å². The Kier molecular flexibility index (Phi) is 6.33. The first kappa shape index (κ1) is 20.6. The van der Waals surface area contributed by atoms with Crippen molar-refractivity contribution < 1.29 is 19.2 Å². The van der Waals surface area contributed by atoms with Crippen LogP contribution in [0, 0.1) is 6.92 Å². The lowest BCUT2D eigenvalue weighted by molar-refractivity contribution is -0.137. The summed E-state index contributed by atoms with van der Waals surface area (Å²) in [5.41, 5.74) is 4.66. The number of ketones is 2. The molecular formula is C21H26N2O4. The Morgan fingerprint density at radius 3 is 2.33 bits per heavy atom. The highest BCUT2D eigenvalue weighted by Gasteiger charge is 2.30. The van der Waals surface area contributed by atoms with Gasteiger partial charge in [-0.05, 0) is 45.2 Å². The van der Waals surface area contributed by atoms with Gasteiger partial charge in [-0.25, -0.2) is 5.48 Å². The molecule has 6 nitrogen and oxygen atoms in total. The molecule has 1 aromatic heterocycles. The van der Waals surface area contributed by atoms with E-state index in [-0.39, 0.29) is 24.1 Å². The zero-order chi connectivity index (χ0) is 20.2. The molecule has 1 heterocycles. The van der Waals surface area contributed by atoms with Gasteiger partial charge in [-0.3, -0.25) is 19.2 Å². The molecule has 27 heavy (non-hydrogen) atoms. The predicted octanol–water partition coefficient (Wildman–Crippen LogP) is 3.30. The molecule has 0 bridgehead atoms. The van der Waals surface area contributed by atoms with E-state index in [1.165, 1.54) is 6.92 Å². The van der Waals surface area contributed by atoms with E-state index in [1.807, 2.05) is 37.3 Å². The highest BCUT2D eigenvalue weighted by Crippen LogP contribution is 2.23. The van der Waals surface area contributed by atoms with Gasteiger partial charge in [0.25, 0.3) is 5.91 Å². The molecule has 6 heteroatoms. The van der Waals surface area contributed by atoms with E-state index in [9.17, 15) is 14.4 Å². The van der Waals surface area contributed by atoms with E-state index in [0.29, 0.717) is 28.9 Å². The number of aryl methyl sites for hydroxylation is 1. The Labute approximate surface area is 159 Å². The molecule has 0 spiro atoms. The zero-order valence-electron chi connectivity index (χ0n) is 16.4. The highest BCUT2D eigenvalue weighted by atomic mass is 16.7. The standard InChI is InChI=1S/C21H26N2O4/c1-6-16-18(14(3)24)13(2)22-19(16)17(25)12-27-23-20(26)21(4,5)15-10-8-7-9-11-15/h7-11,22H,6,12H2,1-5H3,(H,23,26). The maximum Gasteiger partial charge on any atom is 0.253 e. The topological polar surface area (TPSA) is 88.3 Å². The second-order valence-corrected chi connectivity index (χ2v) is 7.02. The molecule has 1 aromatic carbocycles. The monoisotopic (exact) mass is 370 g/mol. The van der Waals surface area contributed by atoms with Gasteiger partial charge in [0.2, 0.25) is 5.78 Å². The molecule has 0 radical (unpaired) electrons. The smallest absolute Gasteiger partial charge is 0.253 e. The Bertz CT molecular complexity index is 851. The number of hydrogen-bond acceptors (Lipinski definition) is 4. The summed E-state index contributed by atoms with van der Waals surface area (Å²) in [5.74, 6) is -0.747. The summed E-state index contributed by atoms with van der Waals surface area (Å²) in [6.45, 7) is 8.37. The van der Waals surface area contributed by atoms with Gasteiger partial charge >= 0.3 is 0 Å². The second-order valence-electron chi connectivity index (χ2n) is 7.02. The van der Waals surface area contributed by atoms with E-state index in [1.54, 1.807) is 20.8 Å². The van der Waals surface area contributed by atoms with Gasteiger partial charge in [0.1, 0.15) is 6.61 Å². The number of Topliss-reactive ketones (excluding diaryl/α,β-unsaturated/α-hetero) is 2. The molecule has 0 aliphatic heterocycles. The molecular weight excluding hydrogens is 344 g/mol. The summed E-state index contributed by atoms with van der Waals surface area (Å²) >= 11 is 0. The van der Waals surface area contributed by atoms with E-state index >= 15 is 0 Å². The first-order valence-electron chi connectivity index (χ1n) is 8.93. The minimum Gasteiger partial charge on any atom is -0.355 e. The minimum absolute atomic E-state index is 0.0847. The molecule has 0 atom stereocenters. The van der Waals surface area contributed by atoms with Gasteiger partial charge in [-0.2, -0.15) is 0 Å². The normalized spacial score (nSPS) is 11.3. The van der Waals surface area contributed by atoms with Gasteiger partial charge in [0.15, 0.2) is 5.78 Å². The fourth-order valence-electron chi connectivity index (χ4n) is 3.10. The summed E-state index contributed by atoms with van der Waals surface area (Å²) in [7, 11) is 0. The number of rotatable bonds is 8. The third-order valence-corrected chi connectivity index (χ3v) is 4.71. The zero-order valence-corrected chi connectivity index (χ0v) is 16.4. The first-order chi connectivity index (χ1) is 12.7. The van der Waals surface area contributed by atoms with Crippen LogP contribution in [0.2, 0.25) is 0 Å². The van der Waals surface area contributed by atoms with Crippen LogP contribution in [-0.2, 0) is 21.5 Å². The van der Waals surface area contributed by atoms with Crippen LogP contribution in [-0.4, -0.2) is 29.1 Å². The Balaban J connectivity index is 2.04. The van der Waals surface area contributed by atoms with Crippen LogP contribution in [0.1, 0.15) is 65.4 Å². The van der Waals surface area contributed by atoms with Crippen LogP contribution >= 0.6 is 0 Å². The molecule has 0 saturated carbocycles. The number of benzene rings is 1. The highest BCUT2D eigenvalue weighted by molar-refractivity contribution is 6.03. The first-order valence-corrected chi connectivity index (χ1v) is 8.93. The van der Waals surface area contributed by atoms with Crippen molar-refractivity contribution >= 4 is 17.5 Å². The maximum atomic E-state index is 12.5. The third kappa shape index (κ3) is 4.34. The lowest BCUT2D eigenvalue weighted by Crippen LogP contribution is -2.40. The van der Waals surface area contributed by atoms with Gasteiger partial charge in [0.05, 0.1) is 11.1 Å². The molecule has 0 unspecified atom stereocenters. The molecule has 2 N–H and O–H groups in total. The molecule has 0 saturated heterocycles. The Hall–Kier alpha value is -2.73. The van der Waals surface area contributed by atoms with Crippen LogP contribution in [0.15, 0.2) is 30.3 Å². The van der Waals surface area contributed by atoms with Crippen LogP contribution in [0.4, 0.5) is 0 Å². The van der Waals surface area contributed by atoms with Crippen molar-refractivity contribution in [2.45, 2.75) is 46.5 Å². The Morgan fingerprint density at radius 2 is 1.78 bits per heavy atom. The largest absolute Gasteiger partial charge is 0.355 e. The summed E-state index contributed by atoms with van der Waals surface area (Å²) < 4.78 is 0. The summed E-state index contributed by atoms with van der Waals surface area (Å²) in [4.78, 5) is 44.9. The van der Waals surface area contributed by atoms with Crippen molar-refractivity contribution in [2.24, 2.45) is 0 Å². The number of hydroxylamine groups is 1. The summed E-state index contributed by atoms with van der Waals surface area (Å²) in [6, 6.07) is 9.33. The van der Waals surface area contributed by atoms with Gasteiger partial charge in [-0.1, -0.05) is 37.3 Å². The van der Waals surface area contributed by atoms with Crippen molar-refractivity contribution in [1.29, 1.82) is 0 Å². The molecule has 0 aliphatic rings. The van der Waals surface area contributed by atoms with Crippen LogP contribution < -0.4 is 5.48 Å². The van der Waals surface area contributed by atoms with Crippen molar-refractivity contribution in [2.75, 3.05) is 6.61 Å². The number of carbonyl (C=O) groups excluding carboxylic acids is 3. The quantitative estimate of drug-likeness (QED) is 0.551. The predicted molar refractivity (Wildman–Crippen MR) is 103 cm³/mol. The molecule has 0 fully saturated rings. The Morgan fingerprint density at radius 1 is 1.15 bits per heavy atom. The molecule has 2 aromatic rings. The number of aromatic nitrogens is 1. The van der Waals surface area contributed by atoms with E-state index in [0.717, 1.165) is 5.56 Å². The fourth-order valence-corrected chi connectivity index (χ4v) is 3.10. The van der Waals surface area contributed by atoms with Crippen molar-refractivity contribution in [3.63, 3.8) is 0 Å². The lowest BCUT2D eigenvalue weighted by atomic mass is 9.84. The van der Waals surface area contributed by atoms with Gasteiger partial charge in [-0.15, -0.1) is 0 Å². The average molecular weight is 370 g/mol. The number of H-pyrrole nitrogens is 1. The molecule has 1 amide bonds. The second kappa shape index (κ2) is 8.31. The number of amides is 1. The van der Waals surface area contributed by atoms with Gasteiger partial charge in [0, 0.05) is 11.3 Å². The molecule has 2 rings (SSSR count). The number of carbonyl (C=O) groups is 3. The minimum atomic E-state index is -0.802. The van der Waals surface area contributed by atoms with E-state index in [2.05, 4.69) is 10.5 Å². The van der Waals surface area contributed by atoms with Crippen molar-refractivity contribution in [1.82, 2.24) is 10.5 Å². The average Bonchev–Trinajstić information content (AvgIpc) is 2.98. The van der Waals surface area contributed by atoms with Crippen LogP contribution in [0.5, 0.6) is 0 Å². The third-order valence-electron chi connectivity index (χ3n) is 4.71. The number of aromatic amines is 1. The maximum absolute atomic E-state index is 12.5. The van der Waals surface area contributed by atoms with Crippen molar-refractivity contribution in [3.05, 3.63) is 58.4 Å². The molecule has 144 valence electrons. The van der Waals surface area contributed by atoms with Gasteiger partial charge < -0.3 is 4.98 Å².